The van der Waals surface area contributed by atoms with Crippen molar-refractivity contribution < 1.29 is 28.6 Å². The summed E-state index contributed by atoms with van der Waals surface area (Å²) in [5, 5.41) is 0. The molecule has 4 rings (SSSR count). The number of fused-ring (bicyclic) bond motifs is 2. The zero-order valence-electron chi connectivity index (χ0n) is 15.2. The van der Waals surface area contributed by atoms with E-state index in [1.54, 1.807) is 6.92 Å². The summed E-state index contributed by atoms with van der Waals surface area (Å²) in [5.41, 5.74) is -0.00673. The number of carbonyl (C=O) groups is 3. The number of hydrogen-bond donors (Lipinski definition) is 0. The highest BCUT2D eigenvalue weighted by Gasteiger charge is 2.61. The number of likely N-dealkylation sites (tertiary alicyclic amines) is 1. The van der Waals surface area contributed by atoms with E-state index in [1.165, 1.54) is 4.90 Å². The summed E-state index contributed by atoms with van der Waals surface area (Å²) in [6.45, 7) is 2.38. The van der Waals surface area contributed by atoms with Gasteiger partial charge in [0.2, 0.25) is 12.6 Å². The Hall–Kier alpha value is -2.83. The number of ether oxygens (including phenoxy) is 3. The molecule has 1 aliphatic carbocycles. The summed E-state index contributed by atoms with van der Waals surface area (Å²) in [6, 6.07) is 5.61. The van der Waals surface area contributed by atoms with Gasteiger partial charge in [0.15, 0.2) is 16.9 Å². The number of rotatable bonds is 5. The molecule has 1 saturated heterocycles. The third kappa shape index (κ3) is 2.69. The SMILES string of the molecule is CCOC(=O)C12CCCC=C1N(CCc1ccc3c(c1)OCO3)C(=O)C2=O. The number of Topliss-reactive ketones (excluding diaryl/α,β-unsaturated/α-hetero) is 1. The van der Waals surface area contributed by atoms with Gasteiger partial charge in [0.05, 0.1) is 6.61 Å². The minimum absolute atomic E-state index is 0.173. The average molecular weight is 371 g/mol. The van der Waals surface area contributed by atoms with Crippen molar-refractivity contribution in [3.63, 3.8) is 0 Å². The molecule has 3 aliphatic rings. The molecular weight excluding hydrogens is 350 g/mol. The Kier molecular flexibility index (Phi) is 4.37. The largest absolute Gasteiger partial charge is 0.465 e. The van der Waals surface area contributed by atoms with Crippen molar-refractivity contribution in [2.75, 3.05) is 19.9 Å². The van der Waals surface area contributed by atoms with Crippen LogP contribution in [-0.4, -0.2) is 42.5 Å². The second kappa shape index (κ2) is 6.72. The van der Waals surface area contributed by atoms with Crippen molar-refractivity contribution in [1.82, 2.24) is 4.90 Å². The zero-order chi connectivity index (χ0) is 19.0. The molecule has 0 spiro atoms. The van der Waals surface area contributed by atoms with E-state index in [0.717, 1.165) is 12.0 Å². The molecule has 1 unspecified atom stereocenters. The Balaban J connectivity index is 1.58. The minimum atomic E-state index is -1.46. The van der Waals surface area contributed by atoms with Gasteiger partial charge in [0.1, 0.15) is 0 Å². The maximum Gasteiger partial charge on any atom is 0.326 e. The van der Waals surface area contributed by atoms with Crippen molar-refractivity contribution in [2.24, 2.45) is 5.41 Å². The summed E-state index contributed by atoms with van der Waals surface area (Å²) in [7, 11) is 0. The van der Waals surface area contributed by atoms with Crippen molar-refractivity contribution in [1.29, 1.82) is 0 Å². The first-order chi connectivity index (χ1) is 13.1. The first-order valence-corrected chi connectivity index (χ1v) is 9.20. The van der Waals surface area contributed by atoms with Gasteiger partial charge in [-0.05, 0) is 50.3 Å². The quantitative estimate of drug-likeness (QED) is 0.447. The van der Waals surface area contributed by atoms with E-state index in [2.05, 4.69) is 0 Å². The van der Waals surface area contributed by atoms with Crippen LogP contribution in [0.25, 0.3) is 0 Å². The zero-order valence-corrected chi connectivity index (χ0v) is 15.2. The topological polar surface area (TPSA) is 82.1 Å². The number of nitrogens with zero attached hydrogens (tertiary/aromatic N) is 1. The second-order valence-electron chi connectivity index (χ2n) is 6.83. The minimum Gasteiger partial charge on any atom is -0.465 e. The molecule has 0 radical (unpaired) electrons. The van der Waals surface area contributed by atoms with Gasteiger partial charge in [0, 0.05) is 12.2 Å². The smallest absolute Gasteiger partial charge is 0.326 e. The lowest BCUT2D eigenvalue weighted by Crippen LogP contribution is -2.41. The molecule has 2 aliphatic heterocycles. The monoisotopic (exact) mass is 371 g/mol. The fourth-order valence-electron chi connectivity index (χ4n) is 4.01. The number of esters is 1. The van der Waals surface area contributed by atoms with Crippen LogP contribution in [0.3, 0.4) is 0 Å². The number of benzene rings is 1. The Morgan fingerprint density at radius 1 is 1.26 bits per heavy atom. The molecule has 1 aromatic carbocycles. The van der Waals surface area contributed by atoms with Gasteiger partial charge in [-0.3, -0.25) is 14.4 Å². The summed E-state index contributed by atoms with van der Waals surface area (Å²) in [5.74, 6) is -0.536. The van der Waals surface area contributed by atoms with Gasteiger partial charge in [-0.15, -0.1) is 0 Å². The van der Waals surface area contributed by atoms with E-state index in [9.17, 15) is 14.4 Å². The third-order valence-corrected chi connectivity index (χ3v) is 5.33. The fraction of sp³-hybridized carbons (Fsp3) is 0.450. The highest BCUT2D eigenvalue weighted by atomic mass is 16.7. The van der Waals surface area contributed by atoms with Gasteiger partial charge < -0.3 is 19.1 Å². The average Bonchev–Trinajstić information content (AvgIpc) is 3.23. The number of hydrogen-bond acceptors (Lipinski definition) is 6. The molecule has 2 heterocycles. The Morgan fingerprint density at radius 2 is 2.07 bits per heavy atom. The predicted molar refractivity (Wildman–Crippen MR) is 94.0 cm³/mol. The molecule has 142 valence electrons. The van der Waals surface area contributed by atoms with Crippen LogP contribution >= 0.6 is 0 Å². The molecule has 0 saturated carbocycles. The maximum atomic E-state index is 12.8. The van der Waals surface area contributed by atoms with Gasteiger partial charge >= 0.3 is 5.97 Å². The molecule has 0 aromatic heterocycles. The van der Waals surface area contributed by atoms with E-state index < -0.39 is 23.1 Å². The predicted octanol–water partition coefficient (Wildman–Crippen LogP) is 1.99. The van der Waals surface area contributed by atoms with Crippen molar-refractivity contribution in [2.45, 2.75) is 32.6 Å². The number of amides is 1. The van der Waals surface area contributed by atoms with Crippen LogP contribution in [0.5, 0.6) is 11.5 Å². The molecule has 7 nitrogen and oxygen atoms in total. The standard InChI is InChI=1S/C20H21NO6/c1-2-25-19(24)20-9-4-3-5-16(20)21(18(23)17(20)22)10-8-13-6-7-14-15(11-13)27-12-26-14/h5-7,11H,2-4,8-10,12H2,1H3. The van der Waals surface area contributed by atoms with Crippen LogP contribution in [0.1, 0.15) is 31.7 Å². The maximum absolute atomic E-state index is 12.8. The van der Waals surface area contributed by atoms with Crippen molar-refractivity contribution >= 4 is 17.7 Å². The van der Waals surface area contributed by atoms with Gasteiger partial charge in [-0.25, -0.2) is 0 Å². The molecule has 1 amide bonds. The lowest BCUT2D eigenvalue weighted by Gasteiger charge is -2.31. The van der Waals surface area contributed by atoms with Crippen LogP contribution in [0, 0.1) is 5.41 Å². The van der Waals surface area contributed by atoms with Crippen LogP contribution in [0.15, 0.2) is 30.0 Å². The Labute approximate surface area is 156 Å². The van der Waals surface area contributed by atoms with Crippen LogP contribution in [-0.2, 0) is 25.5 Å². The fourth-order valence-corrected chi connectivity index (χ4v) is 4.01. The lowest BCUT2D eigenvalue weighted by atomic mass is 9.75. The number of carbonyl (C=O) groups excluding carboxylic acids is 3. The molecule has 27 heavy (non-hydrogen) atoms. The molecule has 0 bridgehead atoms. The first kappa shape index (κ1) is 17.6. The highest BCUT2D eigenvalue weighted by Crippen LogP contribution is 2.46. The summed E-state index contributed by atoms with van der Waals surface area (Å²) in [4.78, 5) is 39.5. The van der Waals surface area contributed by atoms with E-state index >= 15 is 0 Å². The van der Waals surface area contributed by atoms with E-state index in [1.807, 2.05) is 24.3 Å². The normalized spacial score (nSPS) is 23.3. The van der Waals surface area contributed by atoms with E-state index in [4.69, 9.17) is 14.2 Å². The molecule has 0 N–H and O–H groups in total. The third-order valence-electron chi connectivity index (χ3n) is 5.33. The molecular formula is C20H21NO6. The van der Waals surface area contributed by atoms with Gasteiger partial charge in [0.25, 0.3) is 5.91 Å². The van der Waals surface area contributed by atoms with E-state index in [0.29, 0.717) is 43.0 Å². The number of ketones is 1. The van der Waals surface area contributed by atoms with Gasteiger partial charge in [-0.1, -0.05) is 12.1 Å². The summed E-state index contributed by atoms with van der Waals surface area (Å²) < 4.78 is 15.8. The summed E-state index contributed by atoms with van der Waals surface area (Å²) >= 11 is 0. The van der Waals surface area contributed by atoms with E-state index in [-0.39, 0.29) is 13.4 Å². The number of allylic oxidation sites excluding steroid dienone is 1. The highest BCUT2D eigenvalue weighted by molar-refractivity contribution is 6.46. The molecule has 7 heteroatoms. The molecule has 1 atom stereocenters. The Bertz CT molecular complexity index is 845. The second-order valence-corrected chi connectivity index (χ2v) is 6.83. The Morgan fingerprint density at radius 3 is 2.89 bits per heavy atom. The first-order valence-electron chi connectivity index (χ1n) is 9.20. The van der Waals surface area contributed by atoms with Crippen molar-refractivity contribution in [3.05, 3.63) is 35.5 Å². The van der Waals surface area contributed by atoms with Crippen LogP contribution in [0.4, 0.5) is 0 Å². The van der Waals surface area contributed by atoms with Gasteiger partial charge in [-0.2, -0.15) is 0 Å². The van der Waals surface area contributed by atoms with Crippen LogP contribution in [0.2, 0.25) is 0 Å². The van der Waals surface area contributed by atoms with Crippen LogP contribution < -0.4 is 9.47 Å². The van der Waals surface area contributed by atoms with Crippen molar-refractivity contribution in [3.8, 4) is 11.5 Å². The molecule has 1 aromatic rings. The lowest BCUT2D eigenvalue weighted by molar-refractivity contribution is -0.158. The summed E-state index contributed by atoms with van der Waals surface area (Å²) in [6.07, 6.45) is 4.10. The molecule has 1 fully saturated rings.